The summed E-state index contributed by atoms with van der Waals surface area (Å²) in [6.45, 7) is 5.81. The maximum Gasteiger partial charge on any atom is 0.335 e. The summed E-state index contributed by atoms with van der Waals surface area (Å²) < 4.78 is 19.8. The third kappa shape index (κ3) is 6.20. The molecule has 2 aliphatic rings. The van der Waals surface area contributed by atoms with Gasteiger partial charge >= 0.3 is 5.97 Å². The molecule has 11 heteroatoms. The SMILES string of the molecule is Cc1ccc(OCc2nccc(OC3CCN(Cc4nc5ccc(C(=O)O)cc5n4C[C@@H]4CCO4)CC3)n2)c(C#N)c1. The molecule has 2 aromatic carbocycles. The van der Waals surface area contributed by atoms with Crippen molar-refractivity contribution >= 4 is 17.0 Å². The van der Waals surface area contributed by atoms with Crippen LogP contribution in [0.2, 0.25) is 0 Å². The number of aromatic nitrogens is 4. The molecule has 2 aromatic heterocycles. The second kappa shape index (κ2) is 12.1. The Balaban J connectivity index is 1.06. The van der Waals surface area contributed by atoms with E-state index in [9.17, 15) is 15.2 Å². The van der Waals surface area contributed by atoms with Crippen molar-refractivity contribution in [1.29, 1.82) is 5.26 Å². The number of imidazole rings is 1. The van der Waals surface area contributed by atoms with Gasteiger partial charge in [-0.2, -0.15) is 10.2 Å². The fraction of sp³-hybridized carbons (Fsp3) is 0.387. The van der Waals surface area contributed by atoms with Crippen molar-refractivity contribution in [2.45, 2.75) is 58.1 Å². The Morgan fingerprint density at radius 1 is 1.14 bits per heavy atom. The first-order valence-corrected chi connectivity index (χ1v) is 14.1. The van der Waals surface area contributed by atoms with Crippen LogP contribution in [0.1, 0.15) is 52.4 Å². The lowest BCUT2D eigenvalue weighted by molar-refractivity contribution is -0.0592. The largest absolute Gasteiger partial charge is 0.484 e. The van der Waals surface area contributed by atoms with E-state index in [1.807, 2.05) is 13.0 Å². The average molecular weight is 569 g/mol. The molecule has 0 aliphatic carbocycles. The molecule has 2 fully saturated rings. The van der Waals surface area contributed by atoms with Crippen molar-refractivity contribution in [2.75, 3.05) is 19.7 Å². The van der Waals surface area contributed by atoms with Gasteiger partial charge in [0.25, 0.3) is 0 Å². The highest BCUT2D eigenvalue weighted by Gasteiger charge is 2.26. The zero-order valence-electron chi connectivity index (χ0n) is 23.4. The zero-order chi connectivity index (χ0) is 29.1. The molecule has 2 saturated heterocycles. The first kappa shape index (κ1) is 27.6. The van der Waals surface area contributed by atoms with E-state index in [-0.39, 0.29) is 24.4 Å². The molecule has 0 saturated carbocycles. The van der Waals surface area contributed by atoms with Crippen molar-refractivity contribution in [3.63, 3.8) is 0 Å². The summed E-state index contributed by atoms with van der Waals surface area (Å²) in [6.07, 6.45) is 4.46. The number of rotatable bonds is 10. The number of benzene rings is 2. The second-order valence-corrected chi connectivity index (χ2v) is 10.7. The van der Waals surface area contributed by atoms with E-state index in [2.05, 4.69) is 25.5 Å². The van der Waals surface area contributed by atoms with Gasteiger partial charge in [-0.15, -0.1) is 0 Å². The Kier molecular flexibility index (Phi) is 7.99. The maximum atomic E-state index is 11.6. The Morgan fingerprint density at radius 3 is 2.71 bits per heavy atom. The Morgan fingerprint density at radius 2 is 1.98 bits per heavy atom. The molecule has 11 nitrogen and oxygen atoms in total. The van der Waals surface area contributed by atoms with E-state index in [4.69, 9.17) is 19.2 Å². The topological polar surface area (TPSA) is 136 Å². The van der Waals surface area contributed by atoms with Gasteiger partial charge in [0.15, 0.2) is 5.82 Å². The second-order valence-electron chi connectivity index (χ2n) is 10.7. The number of nitriles is 1. The van der Waals surface area contributed by atoms with Crippen LogP contribution in [0.4, 0.5) is 0 Å². The number of hydrogen-bond donors (Lipinski definition) is 1. The standard InChI is InChI=1S/C31H32N6O5/c1-20-2-5-27(22(14-20)16-32)41-19-28-33-10-6-30(35-28)42-23-7-11-36(12-8-23)18-29-34-25-4-3-21(31(38)39)15-26(25)37(29)17-24-9-13-40-24/h2-6,10,14-15,23-24H,7-9,11-13,17-19H2,1H3,(H,38,39)/t24-/m0/s1. The summed E-state index contributed by atoms with van der Waals surface area (Å²) in [4.78, 5) is 27.6. The number of carboxylic acid groups (broad SMARTS) is 1. The Labute approximate surface area is 243 Å². The molecule has 1 N–H and O–H groups in total. The quantitative estimate of drug-likeness (QED) is 0.298. The molecule has 6 rings (SSSR count). The van der Waals surface area contributed by atoms with Crippen LogP contribution in [0.5, 0.6) is 11.6 Å². The lowest BCUT2D eigenvalue weighted by atomic mass is 10.1. The van der Waals surface area contributed by atoms with Gasteiger partial charge in [-0.25, -0.2) is 14.8 Å². The monoisotopic (exact) mass is 568 g/mol. The number of aromatic carboxylic acids is 1. The summed E-state index contributed by atoms with van der Waals surface area (Å²) in [5.74, 6) is 1.45. The van der Waals surface area contributed by atoms with Gasteiger partial charge in [-0.05, 0) is 62.1 Å². The van der Waals surface area contributed by atoms with E-state index in [0.29, 0.717) is 36.1 Å². The number of ether oxygens (including phenoxy) is 3. The van der Waals surface area contributed by atoms with Crippen LogP contribution in [0, 0.1) is 18.3 Å². The van der Waals surface area contributed by atoms with Crippen LogP contribution in [0.25, 0.3) is 11.0 Å². The number of hydrogen-bond acceptors (Lipinski definition) is 9. The lowest BCUT2D eigenvalue weighted by Gasteiger charge is -2.32. The van der Waals surface area contributed by atoms with E-state index in [1.165, 1.54) is 0 Å². The Hall–Kier alpha value is -4.53. The van der Waals surface area contributed by atoms with Crippen molar-refractivity contribution in [1.82, 2.24) is 24.4 Å². The van der Waals surface area contributed by atoms with Crippen LogP contribution < -0.4 is 9.47 Å². The van der Waals surface area contributed by atoms with Crippen LogP contribution in [0.3, 0.4) is 0 Å². The summed E-state index contributed by atoms with van der Waals surface area (Å²) in [5.41, 5.74) is 3.35. The predicted molar refractivity (Wildman–Crippen MR) is 152 cm³/mol. The van der Waals surface area contributed by atoms with Crippen LogP contribution in [-0.4, -0.2) is 67.4 Å². The van der Waals surface area contributed by atoms with Gasteiger partial charge < -0.3 is 23.9 Å². The minimum Gasteiger partial charge on any atom is -0.484 e. The number of likely N-dealkylation sites (tertiary alicyclic amines) is 1. The maximum absolute atomic E-state index is 11.6. The van der Waals surface area contributed by atoms with E-state index in [1.54, 1.807) is 42.6 Å². The van der Waals surface area contributed by atoms with Gasteiger partial charge in [0.1, 0.15) is 30.4 Å². The number of nitrogens with zero attached hydrogens (tertiary/aromatic N) is 6. The van der Waals surface area contributed by atoms with Crippen molar-refractivity contribution in [2.24, 2.45) is 0 Å². The molecule has 1 atom stereocenters. The minimum atomic E-state index is -0.948. The van der Waals surface area contributed by atoms with Gasteiger partial charge in [0.05, 0.1) is 41.4 Å². The molecule has 216 valence electrons. The van der Waals surface area contributed by atoms with Crippen LogP contribution in [-0.2, 0) is 24.4 Å². The molecule has 0 unspecified atom stereocenters. The predicted octanol–water partition coefficient (Wildman–Crippen LogP) is 4.12. The molecule has 2 aliphatic heterocycles. The van der Waals surface area contributed by atoms with Crippen molar-refractivity contribution in [3.05, 3.63) is 77.0 Å². The summed E-state index contributed by atoms with van der Waals surface area (Å²) in [6, 6.07) is 14.5. The van der Waals surface area contributed by atoms with E-state index < -0.39 is 5.97 Å². The fourth-order valence-corrected chi connectivity index (χ4v) is 5.33. The summed E-state index contributed by atoms with van der Waals surface area (Å²) >= 11 is 0. The highest BCUT2D eigenvalue weighted by molar-refractivity contribution is 5.92. The van der Waals surface area contributed by atoms with Crippen molar-refractivity contribution < 1.29 is 24.1 Å². The number of carboxylic acids is 1. The third-order valence-corrected chi connectivity index (χ3v) is 7.73. The average Bonchev–Trinajstić information content (AvgIpc) is 3.31. The number of fused-ring (bicyclic) bond motifs is 1. The molecule has 0 amide bonds. The highest BCUT2D eigenvalue weighted by atomic mass is 16.5. The summed E-state index contributed by atoms with van der Waals surface area (Å²) in [5, 5.41) is 18.9. The molecule has 0 spiro atoms. The van der Waals surface area contributed by atoms with Gasteiger partial charge in [-0.3, -0.25) is 4.90 Å². The number of aryl methyl sites for hydroxylation is 1. The zero-order valence-corrected chi connectivity index (χ0v) is 23.4. The number of carbonyl (C=O) groups is 1. The molecule has 0 bridgehead atoms. The normalized spacial score (nSPS) is 17.5. The first-order valence-electron chi connectivity index (χ1n) is 14.1. The first-order chi connectivity index (χ1) is 20.4. The van der Waals surface area contributed by atoms with E-state index >= 15 is 0 Å². The molecule has 4 aromatic rings. The third-order valence-electron chi connectivity index (χ3n) is 7.73. The molecule has 4 heterocycles. The molecular formula is C31H32N6O5. The van der Waals surface area contributed by atoms with Crippen LogP contribution in [0.15, 0.2) is 48.7 Å². The molecule has 42 heavy (non-hydrogen) atoms. The minimum absolute atomic E-state index is 0.0209. The van der Waals surface area contributed by atoms with Crippen LogP contribution >= 0.6 is 0 Å². The van der Waals surface area contributed by atoms with Gasteiger partial charge in [-0.1, -0.05) is 6.07 Å². The van der Waals surface area contributed by atoms with Crippen molar-refractivity contribution in [3.8, 4) is 17.7 Å². The summed E-state index contributed by atoms with van der Waals surface area (Å²) in [7, 11) is 0. The Bertz CT molecular complexity index is 1630. The van der Waals surface area contributed by atoms with Gasteiger partial charge in [0, 0.05) is 32.0 Å². The lowest BCUT2D eigenvalue weighted by Crippen LogP contribution is -2.39. The highest BCUT2D eigenvalue weighted by Crippen LogP contribution is 2.25. The fourth-order valence-electron chi connectivity index (χ4n) is 5.33. The smallest absolute Gasteiger partial charge is 0.335 e. The number of piperidine rings is 1. The molecule has 0 radical (unpaired) electrons. The van der Waals surface area contributed by atoms with E-state index in [0.717, 1.165) is 61.4 Å². The van der Waals surface area contributed by atoms with Gasteiger partial charge in [0.2, 0.25) is 5.88 Å². The molecular weight excluding hydrogens is 536 g/mol.